The molecule has 0 amide bonds. The molecular weight excluding hydrogens is 1010 g/mol. The van der Waals surface area contributed by atoms with Gasteiger partial charge in [0.15, 0.2) is 11.5 Å². The van der Waals surface area contributed by atoms with Gasteiger partial charge < -0.3 is 13.4 Å². The van der Waals surface area contributed by atoms with Crippen molar-refractivity contribution in [1.29, 1.82) is 0 Å². The molecule has 6 heterocycles. The van der Waals surface area contributed by atoms with Crippen LogP contribution in [0, 0.1) is 41.5 Å². The summed E-state index contributed by atoms with van der Waals surface area (Å²) in [5.41, 5.74) is 14.3. The molecule has 13 nitrogen and oxygen atoms in total. The number of oxazole rings is 1. The average Bonchev–Trinajstić information content (AvgIpc) is 4.46. The number of rotatable bonds is 7. The van der Waals surface area contributed by atoms with E-state index in [0.717, 1.165) is 91.0 Å². The van der Waals surface area contributed by atoms with Gasteiger partial charge in [-0.1, -0.05) is 169 Å². The minimum atomic E-state index is 0.606. The van der Waals surface area contributed by atoms with E-state index in [-0.39, 0.29) is 0 Å². The van der Waals surface area contributed by atoms with Crippen LogP contribution >= 0.6 is 0 Å². The fourth-order valence-corrected chi connectivity index (χ4v) is 8.74. The van der Waals surface area contributed by atoms with Crippen LogP contribution < -0.4 is 0 Å². The van der Waals surface area contributed by atoms with Gasteiger partial charge in [0.05, 0.1) is 11.4 Å². The van der Waals surface area contributed by atoms with Crippen LogP contribution in [0.15, 0.2) is 283 Å². The normalized spacial score (nSPS) is 10.3. The molecule has 0 bridgehead atoms. The smallest absolute Gasteiger partial charge is 0.213 e. The molecule has 13 heteroatoms. The molecule has 82 heavy (non-hydrogen) atoms. The zero-order chi connectivity index (χ0) is 56.9. The Hall–Kier alpha value is -10.8. The summed E-state index contributed by atoms with van der Waals surface area (Å²) in [7, 11) is 0. The highest BCUT2D eigenvalue weighted by Gasteiger charge is 2.11. The van der Waals surface area contributed by atoms with Crippen LogP contribution in [0.25, 0.3) is 67.9 Å². The molecular formula is C69H63N11O2. The maximum absolute atomic E-state index is 5.26. The second-order valence-electron chi connectivity index (χ2n) is 18.7. The molecule has 14 rings (SSSR count). The first-order valence-electron chi connectivity index (χ1n) is 26.8. The molecule has 8 aromatic carbocycles. The summed E-state index contributed by atoms with van der Waals surface area (Å²) >= 11 is 0. The Morgan fingerprint density at radius 3 is 1.51 bits per heavy atom. The van der Waals surface area contributed by atoms with Crippen molar-refractivity contribution in [1.82, 2.24) is 53.6 Å². The zero-order valence-electron chi connectivity index (χ0n) is 46.7. The van der Waals surface area contributed by atoms with E-state index < -0.39 is 0 Å². The minimum absolute atomic E-state index is 0.606. The van der Waals surface area contributed by atoms with E-state index in [1.807, 2.05) is 183 Å². The Balaban J connectivity index is 0.000000122. The third-order valence-electron chi connectivity index (χ3n) is 12.6. The first-order valence-corrected chi connectivity index (χ1v) is 26.8. The summed E-state index contributed by atoms with van der Waals surface area (Å²) in [5, 5.41) is 11.6. The van der Waals surface area contributed by atoms with Crippen molar-refractivity contribution >= 4 is 11.1 Å². The highest BCUT2D eigenvalue weighted by Crippen LogP contribution is 2.25. The Labute approximate surface area is 478 Å². The largest absolute Gasteiger partial charge is 0.441 e. The first kappa shape index (κ1) is 55.9. The summed E-state index contributed by atoms with van der Waals surface area (Å²) in [5.74, 6) is 4.31. The van der Waals surface area contributed by atoms with Crippen molar-refractivity contribution in [3.8, 4) is 56.8 Å². The van der Waals surface area contributed by atoms with Crippen LogP contribution in [0.1, 0.15) is 34.6 Å². The number of aromatic nitrogens is 11. The van der Waals surface area contributed by atoms with Crippen LogP contribution in [-0.4, -0.2) is 53.6 Å². The molecule has 0 saturated heterocycles. The molecule has 6 aromatic heterocycles. The summed E-state index contributed by atoms with van der Waals surface area (Å²) in [6, 6.07) is 79.7. The van der Waals surface area contributed by atoms with E-state index in [0.29, 0.717) is 5.89 Å². The predicted molar refractivity (Wildman–Crippen MR) is 327 cm³/mol. The fourth-order valence-electron chi connectivity index (χ4n) is 8.74. The number of aryl methyl sites for hydroxylation is 6. The minimum Gasteiger partial charge on any atom is -0.441 e. The molecule has 0 aliphatic carbocycles. The van der Waals surface area contributed by atoms with E-state index in [2.05, 4.69) is 177 Å². The van der Waals surface area contributed by atoms with Crippen molar-refractivity contribution in [2.75, 3.05) is 0 Å². The van der Waals surface area contributed by atoms with Crippen molar-refractivity contribution in [3.05, 3.63) is 309 Å². The lowest BCUT2D eigenvalue weighted by atomic mass is 10.1. The first-order chi connectivity index (χ1) is 40.2. The molecule has 0 spiro atoms. The number of fused-ring (bicyclic) bond motifs is 1. The van der Waals surface area contributed by atoms with Gasteiger partial charge in [0.2, 0.25) is 12.3 Å². The van der Waals surface area contributed by atoms with E-state index in [9.17, 15) is 0 Å². The van der Waals surface area contributed by atoms with E-state index in [1.165, 1.54) is 12.0 Å². The predicted octanol–water partition coefficient (Wildman–Crippen LogP) is 16.2. The molecule has 0 N–H and O–H groups in total. The fraction of sp³-hybridized carbons (Fsp3) is 0.0870. The summed E-state index contributed by atoms with van der Waals surface area (Å²) < 4.78 is 18.2. The van der Waals surface area contributed by atoms with Gasteiger partial charge in [0, 0.05) is 90.0 Å². The lowest BCUT2D eigenvalue weighted by Crippen LogP contribution is -1.99. The number of para-hydroxylation sites is 6. The molecule has 0 fully saturated rings. The Kier molecular flexibility index (Phi) is 19.2. The molecule has 0 saturated carbocycles. The monoisotopic (exact) mass is 1080 g/mol. The van der Waals surface area contributed by atoms with E-state index in [1.54, 1.807) is 6.92 Å². The van der Waals surface area contributed by atoms with Gasteiger partial charge in [-0.25, -0.2) is 24.6 Å². The Morgan fingerprint density at radius 1 is 0.415 bits per heavy atom. The molecule has 14 aromatic rings. The second kappa shape index (κ2) is 28.2. The molecule has 0 aliphatic heterocycles. The lowest BCUT2D eigenvalue weighted by Gasteiger charge is -2.10. The third kappa shape index (κ3) is 15.1. The quantitative estimate of drug-likeness (QED) is 0.153. The highest BCUT2D eigenvalue weighted by atomic mass is 16.4. The number of benzene rings is 8. The second-order valence-corrected chi connectivity index (χ2v) is 18.7. The summed E-state index contributed by atoms with van der Waals surface area (Å²) in [6.07, 6.45) is 10.8. The summed E-state index contributed by atoms with van der Waals surface area (Å²) in [6.45, 7) is 11.8. The molecule has 0 atom stereocenters. The molecule has 0 radical (unpaired) electrons. The van der Waals surface area contributed by atoms with Crippen LogP contribution in [0.3, 0.4) is 0 Å². The van der Waals surface area contributed by atoms with Crippen LogP contribution in [0.2, 0.25) is 0 Å². The number of hydrogen-bond acceptors (Lipinski definition) is 9. The standard InChI is InChI=1S/3C16H14N2.C10H10N2.C8H7NO.C3H4N2O/c1-13-12-17-16(14-8-4-2-5-9-14)18(13)15-10-6-3-7-11-15;1-13-12-16(14-8-4-2-5-9-14)17-18(13)15-10-6-3-7-11-15;1-13-6-5-7-14(12-13)16-17-10-11-18(16)15-8-3-2-4-9-15;1-9-11-7-8-12(9)10-5-3-2-4-6-10;1-6-9-7-4-2-3-5-8(7)10-6;1-3-5-4-2-6-3/h3*2-12H,1H3;2-8H,1H3;2-5H,1H3;2H,1H3. The van der Waals surface area contributed by atoms with Gasteiger partial charge in [-0.15, -0.1) is 10.2 Å². The Bertz CT molecular complexity index is 4060. The molecule has 0 aliphatic rings. The van der Waals surface area contributed by atoms with E-state index in [4.69, 9.17) is 4.42 Å². The van der Waals surface area contributed by atoms with Crippen molar-refractivity contribution in [3.63, 3.8) is 0 Å². The highest BCUT2D eigenvalue weighted by molar-refractivity contribution is 5.72. The van der Waals surface area contributed by atoms with Gasteiger partial charge in [-0.05, 0) is 100 Å². The molecule has 406 valence electrons. The molecule has 0 unspecified atom stereocenters. The van der Waals surface area contributed by atoms with Gasteiger partial charge in [-0.3, -0.25) is 9.13 Å². The average molecular weight is 1080 g/mol. The number of hydrogen-bond donors (Lipinski definition) is 0. The number of nitrogens with zero attached hydrogens (tertiary/aromatic N) is 11. The lowest BCUT2D eigenvalue weighted by molar-refractivity contribution is 0.518. The van der Waals surface area contributed by atoms with Gasteiger partial charge in [0.25, 0.3) is 0 Å². The van der Waals surface area contributed by atoms with Crippen molar-refractivity contribution < 1.29 is 8.83 Å². The van der Waals surface area contributed by atoms with E-state index >= 15 is 0 Å². The van der Waals surface area contributed by atoms with Gasteiger partial charge in [0.1, 0.15) is 23.0 Å². The van der Waals surface area contributed by atoms with Gasteiger partial charge >= 0.3 is 0 Å². The maximum atomic E-state index is 5.26. The van der Waals surface area contributed by atoms with Crippen LogP contribution in [0.5, 0.6) is 0 Å². The van der Waals surface area contributed by atoms with Crippen molar-refractivity contribution in [2.24, 2.45) is 0 Å². The van der Waals surface area contributed by atoms with Crippen LogP contribution in [0.4, 0.5) is 0 Å². The van der Waals surface area contributed by atoms with Crippen molar-refractivity contribution in [2.45, 2.75) is 41.5 Å². The zero-order valence-corrected chi connectivity index (χ0v) is 46.7. The third-order valence-corrected chi connectivity index (χ3v) is 12.6. The topological polar surface area (TPSA) is 136 Å². The SMILES string of the molecule is Cc1cc(-c2ccccc2)nn1-c1ccccc1.Cc1cccc(-c2nccn2-c2ccccc2)c1.Cc1cnc(-c2ccccc2)n1-c1ccccc1.Cc1nc2ccccc2o1.Cc1nccn1-c1ccccc1.Cc1nnco1. The maximum Gasteiger partial charge on any atom is 0.213 e. The van der Waals surface area contributed by atoms with Gasteiger partial charge in [-0.2, -0.15) is 5.10 Å². The Morgan fingerprint density at radius 2 is 0.951 bits per heavy atom. The summed E-state index contributed by atoms with van der Waals surface area (Å²) in [4.78, 5) is 17.3. The number of imidazole rings is 3. The van der Waals surface area contributed by atoms with Crippen LogP contribution in [-0.2, 0) is 0 Å².